The summed E-state index contributed by atoms with van der Waals surface area (Å²) in [6.07, 6.45) is 0. The third-order valence-corrected chi connectivity index (χ3v) is 4.59. The number of nitrogens with one attached hydrogen (secondary N) is 2. The van der Waals surface area contributed by atoms with Gasteiger partial charge in [-0.15, -0.1) is 11.3 Å². The SMILES string of the molecule is CN(Cc1nc2ccccc2s1)C(=O)C[NH+](C)CC(=O)NC(C)(C)C. The van der Waals surface area contributed by atoms with Gasteiger partial charge in [-0.2, -0.15) is 0 Å². The van der Waals surface area contributed by atoms with Crippen LogP contribution < -0.4 is 10.2 Å². The molecule has 0 bridgehead atoms. The number of aromatic nitrogens is 1. The zero-order valence-electron chi connectivity index (χ0n) is 15.5. The fourth-order valence-corrected chi connectivity index (χ4v) is 3.49. The lowest BCUT2D eigenvalue weighted by molar-refractivity contribution is -0.863. The number of likely N-dealkylation sites (N-methyl/N-ethyl adjacent to an activating group) is 2. The molecule has 7 heteroatoms. The molecule has 0 radical (unpaired) electrons. The Morgan fingerprint density at radius 1 is 1.24 bits per heavy atom. The maximum absolute atomic E-state index is 12.4. The Balaban J connectivity index is 1.86. The van der Waals surface area contributed by atoms with Crippen LogP contribution in [0.15, 0.2) is 24.3 Å². The smallest absolute Gasteiger partial charge is 0.277 e. The van der Waals surface area contributed by atoms with Gasteiger partial charge in [0.1, 0.15) is 5.01 Å². The van der Waals surface area contributed by atoms with Gasteiger partial charge in [-0.3, -0.25) is 9.59 Å². The molecule has 1 atom stereocenters. The molecule has 2 N–H and O–H groups in total. The molecule has 0 fully saturated rings. The Kier molecular flexibility index (Phi) is 6.13. The molecule has 2 rings (SSSR count). The highest BCUT2D eigenvalue weighted by molar-refractivity contribution is 7.18. The van der Waals surface area contributed by atoms with Gasteiger partial charge in [-0.25, -0.2) is 4.98 Å². The maximum atomic E-state index is 12.4. The van der Waals surface area contributed by atoms with E-state index >= 15 is 0 Å². The molecule has 0 aliphatic carbocycles. The molecule has 1 aromatic carbocycles. The van der Waals surface area contributed by atoms with Gasteiger partial charge >= 0.3 is 0 Å². The summed E-state index contributed by atoms with van der Waals surface area (Å²) in [6, 6.07) is 7.95. The summed E-state index contributed by atoms with van der Waals surface area (Å²) < 4.78 is 1.12. The highest BCUT2D eigenvalue weighted by atomic mass is 32.1. The summed E-state index contributed by atoms with van der Waals surface area (Å²) in [5.41, 5.74) is 0.704. The minimum Gasteiger partial charge on any atom is -0.347 e. The predicted molar refractivity (Wildman–Crippen MR) is 101 cm³/mol. The zero-order valence-corrected chi connectivity index (χ0v) is 16.4. The molecular formula is C18H27N4O2S+. The number of hydrogen-bond donors (Lipinski definition) is 2. The summed E-state index contributed by atoms with van der Waals surface area (Å²) in [5.74, 6) is -0.0491. The van der Waals surface area contributed by atoms with E-state index in [2.05, 4.69) is 10.3 Å². The van der Waals surface area contributed by atoms with E-state index in [0.29, 0.717) is 6.54 Å². The number of amides is 2. The molecule has 25 heavy (non-hydrogen) atoms. The standard InChI is InChI=1S/C18H26N4O2S/c1-18(2,3)20-15(23)10-21(4)12-17(24)22(5)11-16-19-13-8-6-7-9-14(13)25-16/h6-9H,10-12H2,1-5H3,(H,20,23)/p+1. The Labute approximate surface area is 152 Å². The van der Waals surface area contributed by atoms with Crippen LogP contribution in [-0.4, -0.2) is 54.4 Å². The van der Waals surface area contributed by atoms with Gasteiger partial charge in [0.2, 0.25) is 0 Å². The van der Waals surface area contributed by atoms with Crippen molar-refractivity contribution in [3.8, 4) is 0 Å². The van der Waals surface area contributed by atoms with Crippen molar-refractivity contribution in [2.24, 2.45) is 0 Å². The number of carbonyl (C=O) groups excluding carboxylic acids is 2. The van der Waals surface area contributed by atoms with E-state index in [1.165, 1.54) is 0 Å². The largest absolute Gasteiger partial charge is 0.347 e. The van der Waals surface area contributed by atoms with Crippen LogP contribution in [0.1, 0.15) is 25.8 Å². The minimum atomic E-state index is -0.259. The van der Waals surface area contributed by atoms with Gasteiger partial charge < -0.3 is 15.1 Å². The molecule has 136 valence electrons. The fraction of sp³-hybridized carbons (Fsp3) is 0.500. The summed E-state index contributed by atoms with van der Waals surface area (Å²) in [5, 5.41) is 3.83. The second-order valence-electron chi connectivity index (χ2n) is 7.43. The highest BCUT2D eigenvalue weighted by Crippen LogP contribution is 2.22. The zero-order chi connectivity index (χ0) is 18.6. The van der Waals surface area contributed by atoms with Crippen LogP contribution in [0.25, 0.3) is 10.2 Å². The van der Waals surface area contributed by atoms with Crippen molar-refractivity contribution in [3.05, 3.63) is 29.3 Å². The Morgan fingerprint density at radius 2 is 1.92 bits per heavy atom. The van der Waals surface area contributed by atoms with Crippen molar-refractivity contribution in [1.29, 1.82) is 0 Å². The molecule has 0 spiro atoms. The normalized spacial score (nSPS) is 12.8. The van der Waals surface area contributed by atoms with E-state index < -0.39 is 0 Å². The van der Waals surface area contributed by atoms with Crippen molar-refractivity contribution < 1.29 is 14.5 Å². The summed E-state index contributed by atoms with van der Waals surface area (Å²) in [7, 11) is 3.63. The van der Waals surface area contributed by atoms with Crippen LogP contribution in [0.3, 0.4) is 0 Å². The summed E-state index contributed by atoms with van der Waals surface area (Å²) in [6.45, 7) is 6.86. The number of benzene rings is 1. The molecule has 2 aromatic rings. The van der Waals surface area contributed by atoms with Crippen molar-refractivity contribution in [1.82, 2.24) is 15.2 Å². The van der Waals surface area contributed by atoms with E-state index in [9.17, 15) is 9.59 Å². The van der Waals surface area contributed by atoms with Crippen LogP contribution >= 0.6 is 11.3 Å². The van der Waals surface area contributed by atoms with Crippen molar-refractivity contribution in [3.63, 3.8) is 0 Å². The monoisotopic (exact) mass is 363 g/mol. The molecule has 0 saturated heterocycles. The van der Waals surface area contributed by atoms with Crippen LogP contribution in [0.5, 0.6) is 0 Å². The third-order valence-electron chi connectivity index (χ3n) is 3.57. The predicted octanol–water partition coefficient (Wildman–Crippen LogP) is 0.684. The Hall–Kier alpha value is -1.99. The number of rotatable bonds is 6. The van der Waals surface area contributed by atoms with Gasteiger partial charge in [0.15, 0.2) is 13.1 Å². The molecule has 0 aliphatic heterocycles. The average Bonchev–Trinajstić information content (AvgIpc) is 2.86. The molecular weight excluding hydrogens is 336 g/mol. The number of hydrogen-bond acceptors (Lipinski definition) is 4. The quantitative estimate of drug-likeness (QED) is 0.793. The number of para-hydroxylation sites is 1. The highest BCUT2D eigenvalue weighted by Gasteiger charge is 2.20. The molecule has 0 saturated carbocycles. The van der Waals surface area contributed by atoms with Crippen molar-refractivity contribution >= 4 is 33.4 Å². The van der Waals surface area contributed by atoms with Crippen LogP contribution in [0, 0.1) is 0 Å². The molecule has 1 aromatic heterocycles. The third kappa shape index (κ3) is 6.10. The lowest BCUT2D eigenvalue weighted by Crippen LogP contribution is -3.11. The van der Waals surface area contributed by atoms with Crippen LogP contribution in [-0.2, 0) is 16.1 Å². The van der Waals surface area contributed by atoms with Crippen molar-refractivity contribution in [2.75, 3.05) is 27.2 Å². The van der Waals surface area contributed by atoms with E-state index in [0.717, 1.165) is 20.1 Å². The number of quaternary nitrogens is 1. The second kappa shape index (κ2) is 7.93. The van der Waals surface area contributed by atoms with Gasteiger partial charge in [-0.1, -0.05) is 12.1 Å². The molecule has 6 nitrogen and oxygen atoms in total. The number of nitrogens with zero attached hydrogens (tertiary/aromatic N) is 2. The van der Waals surface area contributed by atoms with E-state index in [1.807, 2.05) is 52.1 Å². The first-order valence-corrected chi connectivity index (χ1v) is 9.16. The lowest BCUT2D eigenvalue weighted by Gasteiger charge is -2.22. The molecule has 1 unspecified atom stereocenters. The molecule has 2 amide bonds. The first-order chi connectivity index (χ1) is 11.6. The maximum Gasteiger partial charge on any atom is 0.277 e. The summed E-state index contributed by atoms with van der Waals surface area (Å²) >= 11 is 1.60. The first kappa shape index (κ1) is 19.3. The van der Waals surface area contributed by atoms with Crippen molar-refractivity contribution in [2.45, 2.75) is 32.9 Å². The van der Waals surface area contributed by atoms with Crippen LogP contribution in [0.2, 0.25) is 0 Å². The van der Waals surface area contributed by atoms with E-state index in [-0.39, 0.29) is 30.4 Å². The van der Waals surface area contributed by atoms with Gasteiger partial charge in [0.05, 0.1) is 23.8 Å². The minimum absolute atomic E-state index is 0.000291. The van der Waals surface area contributed by atoms with Gasteiger partial charge in [0, 0.05) is 12.6 Å². The molecule has 1 heterocycles. The number of thiazole rings is 1. The van der Waals surface area contributed by atoms with Gasteiger partial charge in [0.25, 0.3) is 11.8 Å². The number of fused-ring (bicyclic) bond motifs is 1. The van der Waals surface area contributed by atoms with E-state index in [4.69, 9.17) is 0 Å². The first-order valence-electron chi connectivity index (χ1n) is 8.35. The van der Waals surface area contributed by atoms with E-state index in [1.54, 1.807) is 23.3 Å². The summed E-state index contributed by atoms with van der Waals surface area (Å²) in [4.78, 5) is 31.4. The average molecular weight is 364 g/mol. The Bertz CT molecular complexity index is 718. The fourth-order valence-electron chi connectivity index (χ4n) is 2.47. The van der Waals surface area contributed by atoms with Crippen LogP contribution in [0.4, 0.5) is 0 Å². The lowest BCUT2D eigenvalue weighted by atomic mass is 10.1. The second-order valence-corrected chi connectivity index (χ2v) is 8.55. The topological polar surface area (TPSA) is 66.7 Å². The molecule has 0 aliphatic rings. The Morgan fingerprint density at radius 3 is 2.56 bits per heavy atom. The van der Waals surface area contributed by atoms with Gasteiger partial charge in [-0.05, 0) is 32.9 Å². The number of carbonyl (C=O) groups is 2.